The number of hydrogen-bond donors (Lipinski definition) is 1. The molecule has 1 saturated heterocycles. The van der Waals surface area contributed by atoms with E-state index >= 15 is 0 Å². The summed E-state index contributed by atoms with van der Waals surface area (Å²) in [6, 6.07) is 16.1. The van der Waals surface area contributed by atoms with Gasteiger partial charge in [0.15, 0.2) is 5.13 Å². The van der Waals surface area contributed by atoms with Crippen LogP contribution in [-0.4, -0.2) is 48.5 Å². The number of piperazine rings is 1. The molecule has 0 unspecified atom stereocenters. The van der Waals surface area contributed by atoms with Crippen molar-refractivity contribution < 1.29 is 4.79 Å². The van der Waals surface area contributed by atoms with Gasteiger partial charge in [0, 0.05) is 31.9 Å². The van der Waals surface area contributed by atoms with Gasteiger partial charge in [0.05, 0.1) is 16.8 Å². The third-order valence-corrected chi connectivity index (χ3v) is 5.69. The highest BCUT2D eigenvalue weighted by atomic mass is 32.1. The fourth-order valence-corrected chi connectivity index (χ4v) is 4.24. The second kappa shape index (κ2) is 7.43. The second-order valence-corrected chi connectivity index (χ2v) is 7.65. The molecule has 0 atom stereocenters. The molecular formula is C20H22N4OS. The van der Waals surface area contributed by atoms with Crippen molar-refractivity contribution in [2.75, 3.05) is 42.9 Å². The molecule has 1 N–H and O–H groups in total. The Balaban J connectivity index is 1.31. The molecule has 6 heteroatoms. The number of fused-ring (bicyclic) bond motifs is 1. The van der Waals surface area contributed by atoms with Crippen LogP contribution in [0.15, 0.2) is 48.5 Å². The van der Waals surface area contributed by atoms with Gasteiger partial charge in [-0.05, 0) is 36.8 Å². The molecule has 2 aromatic carbocycles. The lowest BCUT2D eigenvalue weighted by molar-refractivity contribution is -0.117. The molecule has 2 heterocycles. The first-order valence-electron chi connectivity index (χ1n) is 8.87. The highest BCUT2D eigenvalue weighted by Crippen LogP contribution is 2.29. The molecule has 1 aromatic heterocycles. The third kappa shape index (κ3) is 3.86. The second-order valence-electron chi connectivity index (χ2n) is 6.65. The number of para-hydroxylation sites is 1. The Kier molecular flexibility index (Phi) is 4.86. The zero-order valence-electron chi connectivity index (χ0n) is 14.8. The van der Waals surface area contributed by atoms with Gasteiger partial charge in [-0.15, -0.1) is 0 Å². The largest absolute Gasteiger partial charge is 0.345 e. The number of hydrogen-bond acceptors (Lipinski definition) is 5. The molecule has 1 fully saturated rings. The topological polar surface area (TPSA) is 48.5 Å². The van der Waals surface area contributed by atoms with E-state index in [0.717, 1.165) is 48.1 Å². The zero-order valence-corrected chi connectivity index (χ0v) is 15.6. The standard InChI is InChI=1S/C20H22N4OS/c1-15-5-4-6-16(13-15)21-19(25)14-23-9-11-24(12-10-23)20-22-17-7-2-3-8-18(17)26-20/h2-8,13H,9-12,14H2,1H3,(H,21,25). The van der Waals surface area contributed by atoms with Gasteiger partial charge in [-0.1, -0.05) is 35.6 Å². The van der Waals surface area contributed by atoms with Crippen molar-refractivity contribution in [1.29, 1.82) is 0 Å². The number of nitrogens with zero attached hydrogens (tertiary/aromatic N) is 3. The van der Waals surface area contributed by atoms with E-state index in [1.165, 1.54) is 4.70 Å². The van der Waals surface area contributed by atoms with Gasteiger partial charge in [0.25, 0.3) is 0 Å². The van der Waals surface area contributed by atoms with E-state index in [2.05, 4.69) is 33.3 Å². The molecule has 134 valence electrons. The van der Waals surface area contributed by atoms with Gasteiger partial charge in [0.1, 0.15) is 0 Å². The van der Waals surface area contributed by atoms with Gasteiger partial charge in [-0.25, -0.2) is 4.98 Å². The minimum Gasteiger partial charge on any atom is -0.345 e. The quantitative estimate of drug-likeness (QED) is 0.769. The van der Waals surface area contributed by atoms with Crippen LogP contribution in [0.1, 0.15) is 5.56 Å². The summed E-state index contributed by atoms with van der Waals surface area (Å²) >= 11 is 1.74. The Morgan fingerprint density at radius 3 is 2.69 bits per heavy atom. The summed E-state index contributed by atoms with van der Waals surface area (Å²) in [6.45, 7) is 6.00. The van der Waals surface area contributed by atoms with Crippen LogP contribution in [0.4, 0.5) is 10.8 Å². The van der Waals surface area contributed by atoms with Crippen LogP contribution in [0.3, 0.4) is 0 Å². The summed E-state index contributed by atoms with van der Waals surface area (Å²) in [5, 5.41) is 4.06. The van der Waals surface area contributed by atoms with E-state index in [0.29, 0.717) is 6.54 Å². The van der Waals surface area contributed by atoms with Crippen LogP contribution >= 0.6 is 11.3 Å². The first-order valence-corrected chi connectivity index (χ1v) is 9.68. The Morgan fingerprint density at radius 1 is 1.12 bits per heavy atom. The molecule has 0 spiro atoms. The lowest BCUT2D eigenvalue weighted by atomic mass is 10.2. The first-order chi connectivity index (χ1) is 12.7. The van der Waals surface area contributed by atoms with Gasteiger partial charge >= 0.3 is 0 Å². The molecule has 1 aliphatic heterocycles. The van der Waals surface area contributed by atoms with Crippen molar-refractivity contribution in [3.8, 4) is 0 Å². The van der Waals surface area contributed by atoms with Crippen molar-refractivity contribution in [3.05, 3.63) is 54.1 Å². The van der Waals surface area contributed by atoms with Crippen molar-refractivity contribution in [3.63, 3.8) is 0 Å². The summed E-state index contributed by atoms with van der Waals surface area (Å²) in [4.78, 5) is 21.5. The van der Waals surface area contributed by atoms with E-state index in [9.17, 15) is 4.79 Å². The number of thiazole rings is 1. The van der Waals surface area contributed by atoms with Gasteiger partial charge in [-0.2, -0.15) is 0 Å². The molecule has 0 bridgehead atoms. The molecule has 0 radical (unpaired) electrons. The SMILES string of the molecule is Cc1cccc(NC(=O)CN2CCN(c3nc4ccccc4s3)CC2)c1. The first kappa shape index (κ1) is 17.0. The maximum absolute atomic E-state index is 12.3. The number of anilines is 2. The maximum Gasteiger partial charge on any atom is 0.238 e. The maximum atomic E-state index is 12.3. The average Bonchev–Trinajstić information content (AvgIpc) is 3.06. The highest BCUT2D eigenvalue weighted by molar-refractivity contribution is 7.22. The van der Waals surface area contributed by atoms with E-state index in [1.807, 2.05) is 37.3 Å². The number of carbonyl (C=O) groups excluding carboxylic acids is 1. The number of aryl methyl sites for hydroxylation is 1. The molecule has 0 aliphatic carbocycles. The zero-order chi connectivity index (χ0) is 17.9. The predicted octanol–water partition coefficient (Wildman–Crippen LogP) is 3.37. The number of nitrogens with one attached hydrogen (secondary N) is 1. The summed E-state index contributed by atoms with van der Waals surface area (Å²) in [7, 11) is 0. The van der Waals surface area contributed by atoms with E-state index in [1.54, 1.807) is 11.3 Å². The number of rotatable bonds is 4. The summed E-state index contributed by atoms with van der Waals surface area (Å²) in [5.41, 5.74) is 3.07. The molecular weight excluding hydrogens is 344 g/mol. The van der Waals surface area contributed by atoms with Crippen molar-refractivity contribution >= 4 is 38.3 Å². The number of carbonyl (C=O) groups is 1. The molecule has 4 rings (SSSR count). The monoisotopic (exact) mass is 366 g/mol. The minimum atomic E-state index is 0.0454. The van der Waals surface area contributed by atoms with Crippen LogP contribution in [0.2, 0.25) is 0 Å². The number of aromatic nitrogens is 1. The average molecular weight is 366 g/mol. The van der Waals surface area contributed by atoms with Crippen molar-refractivity contribution in [1.82, 2.24) is 9.88 Å². The Hall–Kier alpha value is -2.44. The molecule has 5 nitrogen and oxygen atoms in total. The normalized spacial score (nSPS) is 15.3. The Morgan fingerprint density at radius 2 is 1.92 bits per heavy atom. The van der Waals surface area contributed by atoms with E-state index < -0.39 is 0 Å². The number of benzene rings is 2. The highest BCUT2D eigenvalue weighted by Gasteiger charge is 2.21. The Labute approximate surface area is 157 Å². The van der Waals surface area contributed by atoms with Gasteiger partial charge < -0.3 is 10.2 Å². The summed E-state index contributed by atoms with van der Waals surface area (Å²) in [6.07, 6.45) is 0. The van der Waals surface area contributed by atoms with E-state index in [4.69, 9.17) is 4.98 Å². The molecule has 1 aliphatic rings. The van der Waals surface area contributed by atoms with Crippen LogP contribution < -0.4 is 10.2 Å². The minimum absolute atomic E-state index is 0.0454. The van der Waals surface area contributed by atoms with Crippen molar-refractivity contribution in [2.24, 2.45) is 0 Å². The van der Waals surface area contributed by atoms with Gasteiger partial charge in [-0.3, -0.25) is 9.69 Å². The number of amides is 1. The Bertz CT molecular complexity index is 882. The lowest BCUT2D eigenvalue weighted by Gasteiger charge is -2.34. The summed E-state index contributed by atoms with van der Waals surface area (Å²) in [5.74, 6) is 0.0454. The fourth-order valence-electron chi connectivity index (χ4n) is 3.22. The van der Waals surface area contributed by atoms with Crippen LogP contribution in [0.5, 0.6) is 0 Å². The van der Waals surface area contributed by atoms with Crippen molar-refractivity contribution in [2.45, 2.75) is 6.92 Å². The smallest absolute Gasteiger partial charge is 0.238 e. The third-order valence-electron chi connectivity index (χ3n) is 4.59. The lowest BCUT2D eigenvalue weighted by Crippen LogP contribution is -2.48. The van der Waals surface area contributed by atoms with Crippen LogP contribution in [0.25, 0.3) is 10.2 Å². The molecule has 26 heavy (non-hydrogen) atoms. The summed E-state index contributed by atoms with van der Waals surface area (Å²) < 4.78 is 1.22. The fraction of sp³-hybridized carbons (Fsp3) is 0.300. The molecule has 3 aromatic rings. The predicted molar refractivity (Wildman–Crippen MR) is 108 cm³/mol. The molecule has 1 amide bonds. The molecule has 0 saturated carbocycles. The van der Waals surface area contributed by atoms with Crippen LogP contribution in [0, 0.1) is 6.92 Å². The van der Waals surface area contributed by atoms with Crippen LogP contribution in [-0.2, 0) is 4.79 Å². The van der Waals surface area contributed by atoms with Gasteiger partial charge in [0.2, 0.25) is 5.91 Å². The van der Waals surface area contributed by atoms with E-state index in [-0.39, 0.29) is 5.91 Å².